The van der Waals surface area contributed by atoms with Crippen molar-refractivity contribution in [2.24, 2.45) is 0 Å². The Bertz CT molecular complexity index is 798. The minimum absolute atomic E-state index is 0.0363. The second-order valence-electron chi connectivity index (χ2n) is 5.81. The average Bonchev–Trinajstić information content (AvgIpc) is 2.65. The molecule has 1 amide bonds. The van der Waals surface area contributed by atoms with Gasteiger partial charge in [0.25, 0.3) is 0 Å². The number of benzene rings is 2. The van der Waals surface area contributed by atoms with Gasteiger partial charge in [-0.15, -0.1) is 0 Å². The van der Waals surface area contributed by atoms with E-state index in [1.807, 2.05) is 36.4 Å². The molecule has 0 aliphatic rings. The fourth-order valence-electron chi connectivity index (χ4n) is 2.48. The zero-order valence-electron chi connectivity index (χ0n) is 14.2. The second-order valence-corrected chi connectivity index (χ2v) is 8.40. The fourth-order valence-corrected chi connectivity index (χ4v) is 4.50. The number of amides is 1. The van der Waals surface area contributed by atoms with Crippen molar-refractivity contribution in [3.8, 4) is 0 Å². The lowest BCUT2D eigenvalue weighted by Gasteiger charge is -2.25. The molecule has 1 unspecified atom stereocenters. The van der Waals surface area contributed by atoms with Crippen LogP contribution in [0.2, 0.25) is 0 Å². The number of nitrogens with one attached hydrogen (secondary N) is 1. The van der Waals surface area contributed by atoms with Crippen LogP contribution in [0.25, 0.3) is 0 Å². The van der Waals surface area contributed by atoms with Crippen LogP contribution in [0.3, 0.4) is 0 Å². The van der Waals surface area contributed by atoms with E-state index < -0.39 is 15.9 Å². The van der Waals surface area contributed by atoms with Crippen LogP contribution in [-0.4, -0.2) is 36.9 Å². The molecule has 0 heterocycles. The number of hydroxylamine groups is 1. The lowest BCUT2D eigenvalue weighted by molar-refractivity contribution is -0.129. The molecule has 0 aliphatic carbocycles. The van der Waals surface area contributed by atoms with Crippen LogP contribution in [0.5, 0.6) is 0 Å². The SMILES string of the molecule is O=C(CCN(CC(S)c1ccccc1)S(=O)(=O)Cc1ccccc1)NO. The van der Waals surface area contributed by atoms with Crippen molar-refractivity contribution < 1.29 is 18.4 Å². The monoisotopic (exact) mass is 394 g/mol. The van der Waals surface area contributed by atoms with Gasteiger partial charge in [-0.3, -0.25) is 10.0 Å². The summed E-state index contributed by atoms with van der Waals surface area (Å²) in [6.45, 7) is 0.0897. The van der Waals surface area contributed by atoms with Gasteiger partial charge in [0.1, 0.15) is 0 Å². The van der Waals surface area contributed by atoms with Crippen LogP contribution in [0.1, 0.15) is 22.8 Å². The summed E-state index contributed by atoms with van der Waals surface area (Å²) in [5.41, 5.74) is 3.08. The highest BCUT2D eigenvalue weighted by atomic mass is 32.2. The lowest BCUT2D eigenvalue weighted by Crippen LogP contribution is -2.37. The third kappa shape index (κ3) is 6.14. The highest BCUT2D eigenvalue weighted by Gasteiger charge is 2.25. The van der Waals surface area contributed by atoms with Crippen molar-refractivity contribution in [1.82, 2.24) is 9.79 Å². The summed E-state index contributed by atoms with van der Waals surface area (Å²) in [5, 5.41) is 8.33. The molecule has 0 saturated carbocycles. The normalized spacial score (nSPS) is 12.7. The molecule has 2 N–H and O–H groups in total. The Hall–Kier alpha value is -1.87. The van der Waals surface area contributed by atoms with Gasteiger partial charge in [0, 0.05) is 24.8 Å². The molecule has 2 aromatic carbocycles. The van der Waals surface area contributed by atoms with Crippen molar-refractivity contribution in [2.75, 3.05) is 13.1 Å². The Morgan fingerprint density at radius 3 is 2.23 bits per heavy atom. The highest BCUT2D eigenvalue weighted by molar-refractivity contribution is 7.88. The number of hydrogen-bond acceptors (Lipinski definition) is 5. The summed E-state index contributed by atoms with van der Waals surface area (Å²) in [6, 6.07) is 18.2. The molecule has 0 aromatic heterocycles. The van der Waals surface area contributed by atoms with Gasteiger partial charge in [0.15, 0.2) is 0 Å². The average molecular weight is 395 g/mol. The van der Waals surface area contributed by atoms with E-state index in [-0.39, 0.29) is 30.5 Å². The summed E-state index contributed by atoms with van der Waals surface area (Å²) in [7, 11) is -3.66. The van der Waals surface area contributed by atoms with Gasteiger partial charge < -0.3 is 0 Å². The zero-order valence-corrected chi connectivity index (χ0v) is 15.9. The second kappa shape index (κ2) is 9.72. The van der Waals surface area contributed by atoms with Crippen LogP contribution in [0, 0.1) is 0 Å². The van der Waals surface area contributed by atoms with E-state index in [0.29, 0.717) is 5.56 Å². The minimum atomic E-state index is -3.66. The van der Waals surface area contributed by atoms with Gasteiger partial charge >= 0.3 is 0 Å². The van der Waals surface area contributed by atoms with Crippen LogP contribution in [0.4, 0.5) is 0 Å². The Balaban J connectivity index is 2.17. The van der Waals surface area contributed by atoms with Crippen molar-refractivity contribution in [3.63, 3.8) is 0 Å². The number of carbonyl (C=O) groups is 1. The maximum atomic E-state index is 12.9. The van der Waals surface area contributed by atoms with E-state index in [1.165, 1.54) is 9.79 Å². The first-order valence-electron chi connectivity index (χ1n) is 8.10. The molecular formula is C18H22N2O4S2. The van der Waals surface area contributed by atoms with E-state index >= 15 is 0 Å². The third-order valence-corrected chi connectivity index (χ3v) is 6.14. The number of carbonyl (C=O) groups excluding carboxylic acids is 1. The molecule has 2 aromatic rings. The van der Waals surface area contributed by atoms with Gasteiger partial charge in [0.2, 0.25) is 15.9 Å². The molecule has 0 aliphatic heterocycles. The Labute approximate surface area is 159 Å². The van der Waals surface area contributed by atoms with Crippen LogP contribution >= 0.6 is 12.6 Å². The third-order valence-electron chi connectivity index (χ3n) is 3.86. The van der Waals surface area contributed by atoms with Crippen LogP contribution < -0.4 is 5.48 Å². The first-order valence-corrected chi connectivity index (χ1v) is 10.2. The van der Waals surface area contributed by atoms with Gasteiger partial charge in [0.05, 0.1) is 5.75 Å². The summed E-state index contributed by atoms with van der Waals surface area (Å²) >= 11 is 4.53. The molecule has 140 valence electrons. The maximum absolute atomic E-state index is 12.9. The predicted molar refractivity (Wildman–Crippen MR) is 103 cm³/mol. The Kier molecular flexibility index (Phi) is 7.65. The van der Waals surface area contributed by atoms with E-state index in [2.05, 4.69) is 12.6 Å². The first-order chi connectivity index (χ1) is 12.4. The van der Waals surface area contributed by atoms with E-state index in [0.717, 1.165) is 5.56 Å². The summed E-state index contributed by atoms with van der Waals surface area (Å²) < 4.78 is 27.0. The molecule has 0 saturated heterocycles. The Morgan fingerprint density at radius 2 is 1.65 bits per heavy atom. The van der Waals surface area contributed by atoms with Crippen molar-refractivity contribution >= 4 is 28.6 Å². The van der Waals surface area contributed by atoms with Crippen molar-refractivity contribution in [2.45, 2.75) is 17.4 Å². The topological polar surface area (TPSA) is 86.7 Å². The van der Waals surface area contributed by atoms with E-state index in [1.54, 1.807) is 24.3 Å². The number of hydrogen-bond donors (Lipinski definition) is 3. The number of thiol groups is 1. The van der Waals surface area contributed by atoms with Gasteiger partial charge in [-0.25, -0.2) is 13.9 Å². The molecule has 2 rings (SSSR count). The first kappa shape index (κ1) is 20.4. The van der Waals surface area contributed by atoms with Crippen LogP contribution in [0.15, 0.2) is 60.7 Å². The molecule has 26 heavy (non-hydrogen) atoms. The molecule has 8 heteroatoms. The summed E-state index contributed by atoms with van der Waals surface area (Å²) in [6.07, 6.45) is -0.139. The molecule has 6 nitrogen and oxygen atoms in total. The smallest absolute Gasteiger partial charge is 0.244 e. The standard InChI is InChI=1S/C18H22N2O4S2/c21-18(19-22)11-12-20(13-17(25)16-9-5-2-6-10-16)26(23,24)14-15-7-3-1-4-8-15/h1-10,17,22,25H,11-14H2,(H,19,21). The van der Waals surface area contributed by atoms with Crippen molar-refractivity contribution in [3.05, 3.63) is 71.8 Å². The quantitative estimate of drug-likeness (QED) is 0.346. The lowest BCUT2D eigenvalue weighted by atomic mass is 10.1. The van der Waals surface area contributed by atoms with Crippen molar-refractivity contribution in [1.29, 1.82) is 0 Å². The number of rotatable bonds is 9. The predicted octanol–water partition coefficient (Wildman–Crippen LogP) is 2.39. The van der Waals surface area contributed by atoms with Gasteiger partial charge in [-0.2, -0.15) is 16.9 Å². The van der Waals surface area contributed by atoms with Gasteiger partial charge in [-0.1, -0.05) is 60.7 Å². The number of sulfonamides is 1. The summed E-state index contributed by atoms with van der Waals surface area (Å²) in [4.78, 5) is 11.4. The molecule has 0 fully saturated rings. The molecule has 0 radical (unpaired) electrons. The maximum Gasteiger partial charge on any atom is 0.244 e. The Morgan fingerprint density at radius 1 is 1.08 bits per heavy atom. The fraction of sp³-hybridized carbons (Fsp3) is 0.278. The number of nitrogens with zero attached hydrogens (tertiary/aromatic N) is 1. The molecule has 1 atom stereocenters. The van der Waals surface area contributed by atoms with E-state index in [9.17, 15) is 13.2 Å². The molecular weight excluding hydrogens is 372 g/mol. The van der Waals surface area contributed by atoms with Gasteiger partial charge in [-0.05, 0) is 11.1 Å². The van der Waals surface area contributed by atoms with Crippen LogP contribution in [-0.2, 0) is 20.6 Å². The highest BCUT2D eigenvalue weighted by Crippen LogP contribution is 2.23. The minimum Gasteiger partial charge on any atom is -0.289 e. The zero-order chi connectivity index (χ0) is 19.0. The largest absolute Gasteiger partial charge is 0.289 e. The summed E-state index contributed by atoms with van der Waals surface area (Å²) in [5.74, 6) is -0.801. The molecule has 0 spiro atoms. The molecule has 0 bridgehead atoms. The van der Waals surface area contributed by atoms with E-state index in [4.69, 9.17) is 5.21 Å².